The molecule has 0 atom stereocenters. The first-order valence-electron chi connectivity index (χ1n) is 8.03. The van der Waals surface area contributed by atoms with Gasteiger partial charge in [0.15, 0.2) is 5.96 Å². The minimum atomic E-state index is 0. The molecule has 1 aromatic heterocycles. The van der Waals surface area contributed by atoms with Gasteiger partial charge in [0.05, 0.1) is 16.6 Å². The summed E-state index contributed by atoms with van der Waals surface area (Å²) in [6, 6.07) is 14.1. The molecule has 132 valence electrons. The number of halogens is 1. The molecule has 3 rings (SSSR count). The third-order valence-electron chi connectivity index (χ3n) is 4.14. The molecule has 1 aliphatic rings. The SMILES string of the molecule is CN=C(NCc1ccc(C#N)cc1)N1CCN(c2cccs2)CC1.I. The lowest BCUT2D eigenvalue weighted by atomic mass is 10.1. The van der Waals surface area contributed by atoms with Crippen LogP contribution in [0.1, 0.15) is 11.1 Å². The summed E-state index contributed by atoms with van der Waals surface area (Å²) < 4.78 is 0. The normalized spacial score (nSPS) is 14.6. The molecule has 2 heterocycles. The van der Waals surface area contributed by atoms with Crippen LogP contribution >= 0.6 is 35.3 Å². The monoisotopic (exact) mass is 467 g/mol. The first-order chi connectivity index (χ1) is 11.8. The van der Waals surface area contributed by atoms with Crippen LogP contribution in [0.25, 0.3) is 0 Å². The van der Waals surface area contributed by atoms with Gasteiger partial charge in [0.25, 0.3) is 0 Å². The second kappa shape index (κ2) is 9.63. The molecule has 5 nitrogen and oxygen atoms in total. The molecule has 1 N–H and O–H groups in total. The quantitative estimate of drug-likeness (QED) is 0.428. The van der Waals surface area contributed by atoms with E-state index in [-0.39, 0.29) is 24.0 Å². The van der Waals surface area contributed by atoms with Crippen LogP contribution in [0.15, 0.2) is 46.8 Å². The van der Waals surface area contributed by atoms with Crippen molar-refractivity contribution < 1.29 is 0 Å². The Bertz CT molecular complexity index is 713. The van der Waals surface area contributed by atoms with Crippen molar-refractivity contribution >= 4 is 46.3 Å². The number of aliphatic imine (C=N–C) groups is 1. The van der Waals surface area contributed by atoms with E-state index in [2.05, 4.69) is 43.7 Å². The Balaban J connectivity index is 0.00000225. The van der Waals surface area contributed by atoms with Gasteiger partial charge in [0.1, 0.15) is 0 Å². The number of rotatable bonds is 3. The van der Waals surface area contributed by atoms with E-state index >= 15 is 0 Å². The Labute approximate surface area is 170 Å². The van der Waals surface area contributed by atoms with E-state index in [1.54, 1.807) is 11.3 Å². The predicted octanol–water partition coefficient (Wildman–Crippen LogP) is 3.14. The summed E-state index contributed by atoms with van der Waals surface area (Å²) in [5.41, 5.74) is 1.83. The molecule has 0 aliphatic carbocycles. The van der Waals surface area contributed by atoms with E-state index in [4.69, 9.17) is 5.26 Å². The van der Waals surface area contributed by atoms with Crippen molar-refractivity contribution in [3.8, 4) is 6.07 Å². The van der Waals surface area contributed by atoms with Crippen LogP contribution in [0, 0.1) is 11.3 Å². The van der Waals surface area contributed by atoms with Crippen LogP contribution in [0.2, 0.25) is 0 Å². The highest BCUT2D eigenvalue weighted by Gasteiger charge is 2.20. The summed E-state index contributed by atoms with van der Waals surface area (Å²) in [6.07, 6.45) is 0. The Morgan fingerprint density at radius 1 is 1.20 bits per heavy atom. The molecule has 1 fully saturated rings. The van der Waals surface area contributed by atoms with Crippen molar-refractivity contribution in [2.75, 3.05) is 38.1 Å². The standard InChI is InChI=1S/C18H21N5S.HI/c1-20-18(21-14-16-6-4-15(13-19)5-7-16)23-10-8-22(9-11-23)17-3-2-12-24-17;/h2-7,12H,8-11,14H2,1H3,(H,20,21);1H. The fraction of sp³-hybridized carbons (Fsp3) is 0.333. The van der Waals surface area contributed by atoms with E-state index in [1.807, 2.05) is 31.3 Å². The van der Waals surface area contributed by atoms with Gasteiger partial charge in [-0.05, 0) is 35.2 Å². The molecule has 0 radical (unpaired) electrons. The summed E-state index contributed by atoms with van der Waals surface area (Å²) in [6.45, 7) is 4.66. The van der Waals surface area contributed by atoms with Gasteiger partial charge in [-0.2, -0.15) is 5.26 Å². The van der Waals surface area contributed by atoms with Gasteiger partial charge in [0, 0.05) is 39.8 Å². The smallest absolute Gasteiger partial charge is 0.194 e. The largest absolute Gasteiger partial charge is 0.360 e. The van der Waals surface area contributed by atoms with Crippen molar-refractivity contribution in [3.05, 3.63) is 52.9 Å². The summed E-state index contributed by atoms with van der Waals surface area (Å²) in [5, 5.41) is 15.7. The number of thiophene rings is 1. The molecule has 0 spiro atoms. The molecular formula is C18H22IN5S. The summed E-state index contributed by atoms with van der Waals surface area (Å²) in [5.74, 6) is 0.935. The van der Waals surface area contributed by atoms with E-state index < -0.39 is 0 Å². The fourth-order valence-corrected chi connectivity index (χ4v) is 3.58. The molecule has 0 amide bonds. The highest BCUT2D eigenvalue weighted by molar-refractivity contribution is 14.0. The van der Waals surface area contributed by atoms with Gasteiger partial charge in [-0.25, -0.2) is 0 Å². The summed E-state index contributed by atoms with van der Waals surface area (Å²) in [4.78, 5) is 9.14. The lowest BCUT2D eigenvalue weighted by molar-refractivity contribution is 0.373. The van der Waals surface area contributed by atoms with Gasteiger partial charge >= 0.3 is 0 Å². The average Bonchev–Trinajstić information content (AvgIpc) is 3.18. The number of nitriles is 1. The van der Waals surface area contributed by atoms with Crippen molar-refractivity contribution in [3.63, 3.8) is 0 Å². The number of benzene rings is 1. The van der Waals surface area contributed by atoms with Crippen LogP contribution in [-0.2, 0) is 6.54 Å². The van der Waals surface area contributed by atoms with Crippen LogP contribution in [-0.4, -0.2) is 44.1 Å². The average molecular weight is 467 g/mol. The number of nitrogens with zero attached hydrogens (tertiary/aromatic N) is 4. The Kier molecular flexibility index (Phi) is 7.52. The second-order valence-corrected chi connectivity index (χ2v) is 6.56. The van der Waals surface area contributed by atoms with Crippen molar-refractivity contribution in [2.45, 2.75) is 6.54 Å². The molecule has 1 saturated heterocycles. The van der Waals surface area contributed by atoms with Crippen LogP contribution < -0.4 is 10.2 Å². The zero-order chi connectivity index (χ0) is 16.8. The molecule has 25 heavy (non-hydrogen) atoms. The number of hydrogen-bond donors (Lipinski definition) is 1. The number of piperazine rings is 1. The maximum absolute atomic E-state index is 8.85. The Morgan fingerprint density at radius 2 is 1.92 bits per heavy atom. The van der Waals surface area contributed by atoms with E-state index in [9.17, 15) is 0 Å². The van der Waals surface area contributed by atoms with Crippen LogP contribution in [0.5, 0.6) is 0 Å². The van der Waals surface area contributed by atoms with Gasteiger partial charge < -0.3 is 15.1 Å². The van der Waals surface area contributed by atoms with Crippen molar-refractivity contribution in [2.24, 2.45) is 4.99 Å². The second-order valence-electron chi connectivity index (χ2n) is 5.63. The lowest BCUT2D eigenvalue weighted by Gasteiger charge is -2.37. The molecule has 1 aromatic carbocycles. The lowest BCUT2D eigenvalue weighted by Crippen LogP contribution is -2.52. The third kappa shape index (κ3) is 5.09. The highest BCUT2D eigenvalue weighted by Crippen LogP contribution is 2.22. The molecule has 0 bridgehead atoms. The summed E-state index contributed by atoms with van der Waals surface area (Å²) in [7, 11) is 1.83. The maximum Gasteiger partial charge on any atom is 0.194 e. The Morgan fingerprint density at radius 3 is 2.48 bits per heavy atom. The number of hydrogen-bond acceptors (Lipinski definition) is 4. The first-order valence-corrected chi connectivity index (χ1v) is 8.91. The topological polar surface area (TPSA) is 54.7 Å². The molecule has 2 aromatic rings. The van der Waals surface area contributed by atoms with Gasteiger partial charge in [-0.15, -0.1) is 35.3 Å². The number of anilines is 1. The third-order valence-corrected chi connectivity index (χ3v) is 5.07. The summed E-state index contributed by atoms with van der Waals surface area (Å²) >= 11 is 1.79. The first kappa shape index (κ1) is 19.5. The van der Waals surface area contributed by atoms with Gasteiger partial charge in [-0.3, -0.25) is 4.99 Å². The number of nitrogens with one attached hydrogen (secondary N) is 1. The van der Waals surface area contributed by atoms with E-state index in [0.717, 1.165) is 37.7 Å². The minimum absolute atomic E-state index is 0. The molecule has 0 unspecified atom stereocenters. The highest BCUT2D eigenvalue weighted by atomic mass is 127. The van der Waals surface area contributed by atoms with E-state index in [0.29, 0.717) is 12.1 Å². The zero-order valence-corrected chi connectivity index (χ0v) is 17.3. The Hall–Kier alpha value is -1.79. The minimum Gasteiger partial charge on any atom is -0.360 e. The molecule has 0 saturated carbocycles. The zero-order valence-electron chi connectivity index (χ0n) is 14.2. The fourth-order valence-electron chi connectivity index (χ4n) is 2.80. The van der Waals surface area contributed by atoms with Gasteiger partial charge in [-0.1, -0.05) is 12.1 Å². The van der Waals surface area contributed by atoms with Crippen molar-refractivity contribution in [1.82, 2.24) is 10.2 Å². The molecule has 7 heteroatoms. The maximum atomic E-state index is 8.85. The predicted molar refractivity (Wildman–Crippen MR) is 115 cm³/mol. The number of guanidine groups is 1. The van der Waals surface area contributed by atoms with E-state index in [1.165, 1.54) is 5.00 Å². The van der Waals surface area contributed by atoms with Crippen molar-refractivity contribution in [1.29, 1.82) is 5.26 Å². The molecular weight excluding hydrogens is 445 g/mol. The van der Waals surface area contributed by atoms with Crippen LogP contribution in [0.3, 0.4) is 0 Å². The van der Waals surface area contributed by atoms with Crippen LogP contribution in [0.4, 0.5) is 5.00 Å². The molecule has 1 aliphatic heterocycles. The van der Waals surface area contributed by atoms with Gasteiger partial charge in [0.2, 0.25) is 0 Å².